The number of nitrogens with one attached hydrogen (secondary N) is 2. The van der Waals surface area contributed by atoms with Crippen molar-refractivity contribution in [2.24, 2.45) is 0 Å². The average Bonchev–Trinajstić information content (AvgIpc) is 3.49. The first-order chi connectivity index (χ1) is 17.5. The fraction of sp³-hybridized carbons (Fsp3) is 0.207. The van der Waals surface area contributed by atoms with Gasteiger partial charge in [-0.15, -0.1) is 0 Å². The maximum atomic E-state index is 12.8. The lowest BCUT2D eigenvalue weighted by atomic mass is 10.0. The predicted octanol–water partition coefficient (Wildman–Crippen LogP) is 5.49. The van der Waals surface area contributed by atoms with E-state index in [2.05, 4.69) is 68.5 Å². The van der Waals surface area contributed by atoms with Crippen LogP contribution in [0.2, 0.25) is 0 Å². The Morgan fingerprint density at radius 2 is 1.69 bits per heavy atom. The number of benzene rings is 2. The molecule has 2 unspecified atom stereocenters. The molecule has 1 aliphatic heterocycles. The van der Waals surface area contributed by atoms with Crippen LogP contribution in [0.4, 0.5) is 5.69 Å². The molecule has 2 aromatic heterocycles. The first kappa shape index (κ1) is 23.8. The topological polar surface area (TPSA) is 62.2 Å². The van der Waals surface area contributed by atoms with Crippen molar-refractivity contribution in [3.8, 4) is 5.69 Å². The minimum atomic E-state index is -0.141. The van der Waals surface area contributed by atoms with Gasteiger partial charge in [-0.25, -0.2) is 0 Å². The quantitative estimate of drug-likeness (QED) is 0.332. The van der Waals surface area contributed by atoms with E-state index in [4.69, 9.17) is 12.2 Å². The second kappa shape index (κ2) is 10.3. The lowest BCUT2D eigenvalue weighted by Gasteiger charge is -2.29. The minimum Gasteiger partial charge on any atom is -0.352 e. The number of hydrogen-bond acceptors (Lipinski definition) is 3. The van der Waals surface area contributed by atoms with E-state index in [1.54, 1.807) is 6.20 Å². The van der Waals surface area contributed by atoms with E-state index in [1.807, 2.05) is 55.5 Å². The van der Waals surface area contributed by atoms with Crippen molar-refractivity contribution in [1.82, 2.24) is 19.8 Å². The fourth-order valence-corrected chi connectivity index (χ4v) is 4.96. The predicted molar refractivity (Wildman–Crippen MR) is 147 cm³/mol. The Morgan fingerprint density at radius 1 is 0.972 bits per heavy atom. The summed E-state index contributed by atoms with van der Waals surface area (Å²) in [6.45, 7) is 4.59. The molecule has 7 heteroatoms. The molecule has 36 heavy (non-hydrogen) atoms. The molecule has 0 saturated carbocycles. The summed E-state index contributed by atoms with van der Waals surface area (Å²) in [7, 11) is 0. The van der Waals surface area contributed by atoms with Crippen LogP contribution in [0, 0.1) is 13.8 Å². The lowest BCUT2D eigenvalue weighted by molar-refractivity contribution is -0.116. The zero-order valence-corrected chi connectivity index (χ0v) is 21.2. The van der Waals surface area contributed by atoms with Crippen LogP contribution in [0.15, 0.2) is 91.3 Å². The lowest BCUT2D eigenvalue weighted by Crippen LogP contribution is -2.33. The molecule has 1 fully saturated rings. The molecule has 0 spiro atoms. The van der Waals surface area contributed by atoms with E-state index < -0.39 is 0 Å². The Hall–Kier alpha value is -3.97. The molecule has 1 amide bonds. The number of aryl methyl sites for hydroxylation is 2. The Bertz CT molecular complexity index is 1350. The van der Waals surface area contributed by atoms with Gasteiger partial charge in [-0.05, 0) is 74.6 Å². The number of carbonyl (C=O) groups is 1. The maximum absolute atomic E-state index is 12.8. The van der Waals surface area contributed by atoms with Crippen LogP contribution >= 0.6 is 12.2 Å². The molecule has 1 aliphatic rings. The molecule has 2 aromatic carbocycles. The molecule has 0 aliphatic carbocycles. The van der Waals surface area contributed by atoms with Crippen LogP contribution in [-0.4, -0.2) is 32.0 Å². The van der Waals surface area contributed by atoms with Crippen molar-refractivity contribution >= 4 is 28.9 Å². The van der Waals surface area contributed by atoms with Crippen molar-refractivity contribution in [3.05, 3.63) is 114 Å². The molecule has 1 saturated heterocycles. The van der Waals surface area contributed by atoms with Crippen molar-refractivity contribution in [3.63, 3.8) is 0 Å². The van der Waals surface area contributed by atoms with Crippen molar-refractivity contribution in [1.29, 1.82) is 0 Å². The van der Waals surface area contributed by atoms with Crippen molar-refractivity contribution in [2.75, 3.05) is 11.9 Å². The molecule has 5 rings (SSSR count). The summed E-state index contributed by atoms with van der Waals surface area (Å²) in [5.74, 6) is -0.0457. The van der Waals surface area contributed by atoms with Gasteiger partial charge in [-0.1, -0.05) is 41.5 Å². The second-order valence-electron chi connectivity index (χ2n) is 9.12. The van der Waals surface area contributed by atoms with Crippen molar-refractivity contribution < 1.29 is 4.79 Å². The highest BCUT2D eigenvalue weighted by Gasteiger charge is 2.41. The summed E-state index contributed by atoms with van der Waals surface area (Å²) in [6, 6.07) is 26.1. The van der Waals surface area contributed by atoms with Gasteiger partial charge in [0.15, 0.2) is 5.11 Å². The zero-order chi connectivity index (χ0) is 25.1. The minimum absolute atomic E-state index is 0.0457. The van der Waals surface area contributed by atoms with Crippen LogP contribution in [0.25, 0.3) is 5.69 Å². The van der Waals surface area contributed by atoms with E-state index in [0.29, 0.717) is 18.1 Å². The number of amides is 1. The maximum Gasteiger partial charge on any atom is 0.226 e. The summed E-state index contributed by atoms with van der Waals surface area (Å²) >= 11 is 5.79. The first-order valence-corrected chi connectivity index (χ1v) is 12.5. The number of pyridine rings is 1. The van der Waals surface area contributed by atoms with E-state index >= 15 is 0 Å². The molecule has 0 bridgehead atoms. The van der Waals surface area contributed by atoms with Gasteiger partial charge < -0.3 is 20.1 Å². The Morgan fingerprint density at radius 3 is 2.39 bits per heavy atom. The fourth-order valence-electron chi connectivity index (χ4n) is 4.63. The number of thiocarbonyl (C=S) groups is 1. The third-order valence-corrected chi connectivity index (χ3v) is 6.86. The number of rotatable bonds is 7. The van der Waals surface area contributed by atoms with Gasteiger partial charge >= 0.3 is 0 Å². The zero-order valence-electron chi connectivity index (χ0n) is 20.4. The largest absolute Gasteiger partial charge is 0.352 e. The Labute approximate surface area is 217 Å². The third-order valence-electron chi connectivity index (χ3n) is 6.51. The highest BCUT2D eigenvalue weighted by Crippen LogP contribution is 2.39. The second-order valence-corrected chi connectivity index (χ2v) is 9.51. The van der Waals surface area contributed by atoms with Crippen molar-refractivity contribution in [2.45, 2.75) is 32.4 Å². The summed E-state index contributed by atoms with van der Waals surface area (Å²) in [5, 5.41) is 7.09. The number of nitrogens with zero attached hydrogens (tertiary/aromatic N) is 3. The van der Waals surface area contributed by atoms with Gasteiger partial charge in [-0.3, -0.25) is 9.78 Å². The van der Waals surface area contributed by atoms with Crippen LogP contribution in [-0.2, 0) is 4.79 Å². The van der Waals surface area contributed by atoms with E-state index in [0.717, 1.165) is 28.3 Å². The van der Waals surface area contributed by atoms with Gasteiger partial charge in [0.05, 0.1) is 17.8 Å². The SMILES string of the molecule is Cc1ccc(NC(=O)CCN2C(=S)NC(c3ccccn3)C2c2cccn2-c2ccc(C)cc2)cc1. The van der Waals surface area contributed by atoms with Crippen LogP contribution in [0.5, 0.6) is 0 Å². The average molecular weight is 496 g/mol. The molecule has 2 atom stereocenters. The highest BCUT2D eigenvalue weighted by molar-refractivity contribution is 7.80. The molecule has 2 N–H and O–H groups in total. The van der Waals surface area contributed by atoms with E-state index in [9.17, 15) is 4.79 Å². The van der Waals surface area contributed by atoms with Crippen LogP contribution in [0.3, 0.4) is 0 Å². The highest BCUT2D eigenvalue weighted by atomic mass is 32.1. The summed E-state index contributed by atoms with van der Waals surface area (Å²) in [6.07, 6.45) is 4.18. The number of anilines is 1. The standard InChI is InChI=1S/C29H29N5OS/c1-20-8-12-22(13-9-20)31-26(35)16-19-34-28(27(32-29(34)36)24-6-3-4-17-30-24)25-7-5-18-33(25)23-14-10-21(2)11-15-23/h3-15,17-18,27-28H,16,19H2,1-2H3,(H,31,35)(H,32,36). The summed E-state index contributed by atoms with van der Waals surface area (Å²) in [5.41, 5.74) is 6.23. The molecule has 4 aromatic rings. The smallest absolute Gasteiger partial charge is 0.226 e. The molecule has 182 valence electrons. The Kier molecular flexibility index (Phi) is 6.82. The molecular weight excluding hydrogens is 466 g/mol. The van der Waals surface area contributed by atoms with Gasteiger partial charge in [-0.2, -0.15) is 0 Å². The van der Waals surface area contributed by atoms with Gasteiger partial charge in [0.1, 0.15) is 0 Å². The van der Waals surface area contributed by atoms with Crippen LogP contribution < -0.4 is 10.6 Å². The first-order valence-electron chi connectivity index (χ1n) is 12.1. The monoisotopic (exact) mass is 495 g/mol. The van der Waals surface area contributed by atoms with E-state index in [-0.39, 0.29) is 18.0 Å². The van der Waals surface area contributed by atoms with Crippen LogP contribution in [0.1, 0.15) is 41.0 Å². The molecule has 3 heterocycles. The number of aromatic nitrogens is 2. The summed E-state index contributed by atoms with van der Waals surface area (Å²) < 4.78 is 2.19. The number of carbonyl (C=O) groups excluding carboxylic acids is 1. The molecule has 0 radical (unpaired) electrons. The number of hydrogen-bond donors (Lipinski definition) is 2. The normalized spacial score (nSPS) is 17.2. The molecule has 6 nitrogen and oxygen atoms in total. The van der Waals surface area contributed by atoms with Gasteiger partial charge in [0.2, 0.25) is 5.91 Å². The van der Waals surface area contributed by atoms with E-state index in [1.165, 1.54) is 5.56 Å². The van der Waals surface area contributed by atoms with Gasteiger partial charge in [0, 0.05) is 42.4 Å². The summed E-state index contributed by atoms with van der Waals surface area (Å²) in [4.78, 5) is 19.5. The Balaban J connectivity index is 1.43. The third kappa shape index (κ3) is 5.02. The van der Waals surface area contributed by atoms with Gasteiger partial charge in [0.25, 0.3) is 0 Å². The molecular formula is C29H29N5OS.